The van der Waals surface area contributed by atoms with Crippen LogP contribution in [0.25, 0.3) is 11.3 Å². The van der Waals surface area contributed by atoms with Crippen LogP contribution < -0.4 is 16.3 Å². The highest BCUT2D eigenvalue weighted by molar-refractivity contribution is 7.89. The topological polar surface area (TPSA) is 141 Å². The zero-order valence-corrected chi connectivity index (χ0v) is 11.5. The molecule has 5 N–H and O–H groups in total. The fraction of sp³-hybridized carbons (Fsp3) is 0. The van der Waals surface area contributed by atoms with Gasteiger partial charge in [0, 0.05) is 5.56 Å². The van der Waals surface area contributed by atoms with E-state index in [9.17, 15) is 13.2 Å². The summed E-state index contributed by atoms with van der Waals surface area (Å²) in [5, 5.41) is 8.57. The monoisotopic (exact) mass is 308 g/mol. The summed E-state index contributed by atoms with van der Waals surface area (Å²) in [6.07, 6.45) is 1.28. The second kappa shape index (κ2) is 5.77. The number of carbonyl (C=O) groups is 1. The molecule has 0 atom stereocenters. The first-order valence-corrected chi connectivity index (χ1v) is 7.22. The van der Waals surface area contributed by atoms with Crippen molar-refractivity contribution in [1.29, 1.82) is 0 Å². The highest BCUT2D eigenvalue weighted by Gasteiger charge is 2.09. The van der Waals surface area contributed by atoms with Gasteiger partial charge in [0.05, 0.1) is 11.1 Å². The summed E-state index contributed by atoms with van der Waals surface area (Å²) < 4.78 is 27.8. The van der Waals surface area contributed by atoms with Gasteiger partial charge in [0.25, 0.3) is 0 Å². The molecule has 0 aliphatic rings. The number of hydrogen-bond donors (Lipinski definition) is 3. The Kier molecular flexibility index (Phi) is 4.05. The lowest BCUT2D eigenvalue weighted by Crippen LogP contribution is -2.24. The second-order valence-corrected chi connectivity index (χ2v) is 5.57. The number of hydrogen-bond acceptors (Lipinski definition) is 5. The van der Waals surface area contributed by atoms with E-state index in [1.165, 1.54) is 18.3 Å². The van der Waals surface area contributed by atoms with Gasteiger partial charge in [-0.3, -0.25) is 0 Å². The zero-order chi connectivity index (χ0) is 15.5. The summed E-state index contributed by atoms with van der Waals surface area (Å²) in [6.45, 7) is 0. The molecule has 110 valence electrons. The number of benzene rings is 1. The summed E-state index contributed by atoms with van der Waals surface area (Å²) in [5.41, 5.74) is 7.55. The van der Waals surface area contributed by atoms with Gasteiger partial charge in [-0.15, -0.1) is 0 Å². The van der Waals surface area contributed by atoms with E-state index in [1.54, 1.807) is 24.3 Å². The maximum atomic E-state index is 11.2. The van der Waals surface area contributed by atoms with Gasteiger partial charge in [-0.1, -0.05) is 0 Å². The third kappa shape index (κ3) is 3.91. The predicted octanol–water partition coefficient (Wildman–Crippen LogP) is 0.596. The Labute approximate surface area is 120 Å². The average Bonchev–Trinajstić information content (AvgIpc) is 2.86. The molecule has 1 aromatic carbocycles. The fourth-order valence-electron chi connectivity index (χ4n) is 1.55. The Morgan fingerprint density at radius 3 is 2.43 bits per heavy atom. The molecule has 0 radical (unpaired) electrons. The van der Waals surface area contributed by atoms with E-state index in [0.717, 1.165) is 0 Å². The van der Waals surface area contributed by atoms with Gasteiger partial charge in [-0.05, 0) is 36.4 Å². The normalized spacial score (nSPS) is 11.7. The van der Waals surface area contributed by atoms with Crippen molar-refractivity contribution in [3.63, 3.8) is 0 Å². The third-order valence-corrected chi connectivity index (χ3v) is 3.39. The van der Waals surface area contributed by atoms with Gasteiger partial charge >= 0.3 is 6.03 Å². The fourth-order valence-corrected chi connectivity index (χ4v) is 2.06. The zero-order valence-electron chi connectivity index (χ0n) is 10.7. The van der Waals surface area contributed by atoms with Gasteiger partial charge in [0.15, 0.2) is 0 Å². The third-order valence-electron chi connectivity index (χ3n) is 2.46. The van der Waals surface area contributed by atoms with Crippen molar-refractivity contribution in [2.45, 2.75) is 4.90 Å². The maximum Gasteiger partial charge on any atom is 0.332 e. The van der Waals surface area contributed by atoms with Gasteiger partial charge < -0.3 is 10.2 Å². The van der Waals surface area contributed by atoms with Gasteiger partial charge in [0.1, 0.15) is 11.5 Å². The van der Waals surface area contributed by atoms with Crippen LogP contribution in [0.15, 0.2) is 50.8 Å². The first kappa shape index (κ1) is 14.8. The standard InChI is InChI=1S/C12H12N4O4S/c13-12(17)16-15-7-9-3-6-11(20-9)8-1-4-10(5-2-8)21(14,18)19/h1-7H,(H3,13,16,17)(H2,14,18,19)/b15-7-. The summed E-state index contributed by atoms with van der Waals surface area (Å²) in [4.78, 5) is 10.5. The van der Waals surface area contributed by atoms with Crippen molar-refractivity contribution >= 4 is 22.3 Å². The van der Waals surface area contributed by atoms with Crippen LogP contribution in [0.5, 0.6) is 0 Å². The molecule has 0 aliphatic heterocycles. The largest absolute Gasteiger partial charge is 0.455 e. The van der Waals surface area contributed by atoms with Crippen molar-refractivity contribution in [3.8, 4) is 11.3 Å². The van der Waals surface area contributed by atoms with Gasteiger partial charge in [0.2, 0.25) is 10.0 Å². The lowest BCUT2D eigenvalue weighted by molar-refractivity contribution is 0.249. The Bertz CT molecular complexity index is 778. The number of urea groups is 1. The lowest BCUT2D eigenvalue weighted by atomic mass is 10.2. The molecule has 0 spiro atoms. The van der Waals surface area contributed by atoms with E-state index in [0.29, 0.717) is 17.1 Å². The number of nitrogens with zero attached hydrogens (tertiary/aromatic N) is 1. The highest BCUT2D eigenvalue weighted by atomic mass is 32.2. The molecule has 2 aromatic rings. The number of hydrazone groups is 1. The first-order chi connectivity index (χ1) is 9.86. The van der Waals surface area contributed by atoms with E-state index in [-0.39, 0.29) is 4.90 Å². The van der Waals surface area contributed by atoms with Crippen LogP contribution in [0.2, 0.25) is 0 Å². The van der Waals surface area contributed by atoms with Crippen LogP contribution >= 0.6 is 0 Å². The number of nitrogens with one attached hydrogen (secondary N) is 1. The minimum Gasteiger partial charge on any atom is -0.455 e. The average molecular weight is 308 g/mol. The molecule has 8 nitrogen and oxygen atoms in total. The second-order valence-electron chi connectivity index (χ2n) is 4.01. The summed E-state index contributed by atoms with van der Waals surface area (Å²) in [5.74, 6) is 0.908. The van der Waals surface area contributed by atoms with Crippen LogP contribution in [0.3, 0.4) is 0 Å². The van der Waals surface area contributed by atoms with Crippen molar-refractivity contribution < 1.29 is 17.6 Å². The number of carbonyl (C=O) groups excluding carboxylic acids is 1. The van der Waals surface area contributed by atoms with E-state index in [4.69, 9.17) is 15.3 Å². The first-order valence-electron chi connectivity index (χ1n) is 5.68. The quantitative estimate of drug-likeness (QED) is 0.561. The molecule has 0 aliphatic carbocycles. The van der Waals surface area contributed by atoms with E-state index in [1.807, 2.05) is 5.43 Å². The van der Waals surface area contributed by atoms with Gasteiger partial charge in [-0.2, -0.15) is 5.10 Å². The van der Waals surface area contributed by atoms with E-state index in [2.05, 4.69) is 5.10 Å². The number of amides is 2. The molecule has 0 bridgehead atoms. The van der Waals surface area contributed by atoms with Crippen LogP contribution in [0.4, 0.5) is 4.79 Å². The number of primary sulfonamides is 1. The number of rotatable bonds is 4. The molecule has 0 fully saturated rings. The SMILES string of the molecule is NC(=O)N/N=C\c1ccc(-c2ccc(S(N)(=O)=O)cc2)o1. The molecular weight excluding hydrogens is 296 g/mol. The van der Waals surface area contributed by atoms with Crippen LogP contribution in [0.1, 0.15) is 5.76 Å². The molecule has 2 amide bonds. The number of nitrogens with two attached hydrogens (primary N) is 2. The molecule has 1 aromatic heterocycles. The highest BCUT2D eigenvalue weighted by Crippen LogP contribution is 2.22. The Hall–Kier alpha value is -2.65. The molecule has 0 unspecified atom stereocenters. The predicted molar refractivity (Wildman–Crippen MR) is 75.8 cm³/mol. The number of furan rings is 1. The number of sulfonamides is 1. The summed E-state index contributed by atoms with van der Waals surface area (Å²) >= 11 is 0. The maximum absolute atomic E-state index is 11.2. The molecule has 1 heterocycles. The van der Waals surface area contributed by atoms with Crippen molar-refractivity contribution in [3.05, 3.63) is 42.2 Å². The molecular formula is C12H12N4O4S. The molecule has 0 saturated carbocycles. The van der Waals surface area contributed by atoms with Crippen molar-refractivity contribution in [1.82, 2.24) is 5.43 Å². The Morgan fingerprint density at radius 1 is 1.19 bits per heavy atom. The van der Waals surface area contributed by atoms with Crippen molar-refractivity contribution in [2.24, 2.45) is 16.0 Å². The van der Waals surface area contributed by atoms with Crippen LogP contribution in [-0.4, -0.2) is 20.7 Å². The molecule has 0 saturated heterocycles. The molecule has 21 heavy (non-hydrogen) atoms. The molecule has 2 rings (SSSR count). The molecule has 9 heteroatoms. The summed E-state index contributed by atoms with van der Waals surface area (Å²) in [6, 6.07) is 8.44. The van der Waals surface area contributed by atoms with E-state index < -0.39 is 16.1 Å². The number of primary amides is 1. The van der Waals surface area contributed by atoms with Crippen molar-refractivity contribution in [2.75, 3.05) is 0 Å². The van der Waals surface area contributed by atoms with Crippen LogP contribution in [0, 0.1) is 0 Å². The van der Waals surface area contributed by atoms with Crippen LogP contribution in [-0.2, 0) is 10.0 Å². The lowest BCUT2D eigenvalue weighted by Gasteiger charge is -2.00. The Morgan fingerprint density at radius 2 is 1.86 bits per heavy atom. The minimum atomic E-state index is -3.72. The Balaban J connectivity index is 2.18. The van der Waals surface area contributed by atoms with E-state index >= 15 is 0 Å². The smallest absolute Gasteiger partial charge is 0.332 e. The summed E-state index contributed by atoms with van der Waals surface area (Å²) in [7, 11) is -3.72. The van der Waals surface area contributed by atoms with Gasteiger partial charge in [-0.25, -0.2) is 23.8 Å². The minimum absolute atomic E-state index is 0.0188.